The molecule has 0 bridgehead atoms. The maximum absolute atomic E-state index is 12.5. The van der Waals surface area contributed by atoms with Crippen LogP contribution in [0, 0.1) is 0 Å². The summed E-state index contributed by atoms with van der Waals surface area (Å²) in [6, 6.07) is 38.8. The molecule has 34 heavy (non-hydrogen) atoms. The Hall–Kier alpha value is -4.43. The fourth-order valence-corrected chi connectivity index (χ4v) is 5.22. The van der Waals surface area contributed by atoms with Crippen molar-refractivity contribution in [3.05, 3.63) is 132 Å². The largest absolute Gasteiger partial charge is 0.478 e. The Labute approximate surface area is 198 Å². The first-order chi connectivity index (χ1) is 16.7. The summed E-state index contributed by atoms with van der Waals surface area (Å²) in [5.41, 5.74) is 11.0. The van der Waals surface area contributed by atoms with Crippen molar-refractivity contribution in [3.8, 4) is 44.5 Å². The summed E-state index contributed by atoms with van der Waals surface area (Å²) < 4.78 is 0. The molecular weight excluding hydrogens is 416 g/mol. The predicted molar refractivity (Wildman–Crippen MR) is 138 cm³/mol. The fraction of sp³-hybridized carbons (Fsp3) is 0.0312. The van der Waals surface area contributed by atoms with Gasteiger partial charge in [0.15, 0.2) is 0 Å². The summed E-state index contributed by atoms with van der Waals surface area (Å²) in [4.78, 5) is 12.5. The number of carboxylic acid groups (broad SMARTS) is 1. The maximum atomic E-state index is 12.5. The van der Waals surface area contributed by atoms with Crippen LogP contribution < -0.4 is 0 Å². The predicted octanol–water partition coefficient (Wildman–Crippen LogP) is 7.96. The highest BCUT2D eigenvalue weighted by Crippen LogP contribution is 2.47. The highest BCUT2D eigenvalue weighted by molar-refractivity contribution is 6.07. The molecule has 0 unspecified atom stereocenters. The third-order valence-electron chi connectivity index (χ3n) is 6.70. The van der Waals surface area contributed by atoms with E-state index in [-0.39, 0.29) is 0 Å². The molecule has 0 aliphatic heterocycles. The lowest BCUT2D eigenvalue weighted by Crippen LogP contribution is -2.04. The van der Waals surface area contributed by atoms with Gasteiger partial charge in [-0.15, -0.1) is 0 Å². The number of rotatable bonds is 4. The monoisotopic (exact) mass is 438 g/mol. The summed E-state index contributed by atoms with van der Waals surface area (Å²) in [5, 5.41) is 10.3. The third kappa shape index (κ3) is 3.23. The molecule has 0 saturated carbocycles. The smallest absolute Gasteiger partial charge is 0.336 e. The van der Waals surface area contributed by atoms with Gasteiger partial charge in [-0.3, -0.25) is 0 Å². The van der Waals surface area contributed by atoms with Crippen LogP contribution in [0.15, 0.2) is 115 Å². The normalized spacial score (nSPS) is 11.6. The Kier molecular flexibility index (Phi) is 4.85. The first-order valence-corrected chi connectivity index (χ1v) is 11.4. The SMILES string of the molecule is O=C(O)c1ccc(-c2ccccc2)c(-c2ccccc2)c1-c1cccc2c1Cc1ccccc1-2. The van der Waals surface area contributed by atoms with E-state index in [1.54, 1.807) is 6.07 Å². The molecule has 0 spiro atoms. The van der Waals surface area contributed by atoms with Gasteiger partial charge in [0.2, 0.25) is 0 Å². The van der Waals surface area contributed by atoms with E-state index in [0.717, 1.165) is 39.8 Å². The van der Waals surface area contributed by atoms with Crippen molar-refractivity contribution in [1.29, 1.82) is 0 Å². The molecule has 1 N–H and O–H groups in total. The summed E-state index contributed by atoms with van der Waals surface area (Å²) in [5.74, 6) is -0.917. The third-order valence-corrected chi connectivity index (χ3v) is 6.70. The van der Waals surface area contributed by atoms with E-state index in [0.29, 0.717) is 5.56 Å². The Morgan fingerprint density at radius 1 is 0.529 bits per heavy atom. The Morgan fingerprint density at radius 3 is 1.88 bits per heavy atom. The van der Waals surface area contributed by atoms with E-state index in [1.807, 2.05) is 48.5 Å². The number of hydrogen-bond donors (Lipinski definition) is 1. The average Bonchev–Trinajstić information content (AvgIpc) is 3.28. The topological polar surface area (TPSA) is 37.3 Å². The molecule has 0 amide bonds. The standard InChI is InChI=1S/C32H22O2/c33-32(34)28-19-18-25(21-10-3-1-4-11-21)30(22-12-5-2-6-13-22)31(28)27-17-9-16-26-24-15-8-7-14-23(24)20-29(26)27/h1-19H,20H2,(H,33,34). The van der Waals surface area contributed by atoms with Gasteiger partial charge in [-0.25, -0.2) is 4.79 Å². The lowest BCUT2D eigenvalue weighted by atomic mass is 9.82. The van der Waals surface area contributed by atoms with Gasteiger partial charge in [-0.05, 0) is 62.6 Å². The summed E-state index contributed by atoms with van der Waals surface area (Å²) in [6.45, 7) is 0. The number of carboxylic acids is 1. The highest BCUT2D eigenvalue weighted by atomic mass is 16.4. The molecule has 0 fully saturated rings. The molecule has 0 heterocycles. The van der Waals surface area contributed by atoms with Gasteiger partial charge in [-0.1, -0.05) is 109 Å². The minimum absolute atomic E-state index is 0.322. The van der Waals surface area contributed by atoms with Crippen molar-refractivity contribution in [2.24, 2.45) is 0 Å². The van der Waals surface area contributed by atoms with E-state index in [2.05, 4.69) is 60.7 Å². The van der Waals surface area contributed by atoms with Crippen molar-refractivity contribution in [2.75, 3.05) is 0 Å². The molecule has 162 valence electrons. The van der Waals surface area contributed by atoms with Gasteiger partial charge >= 0.3 is 5.97 Å². The van der Waals surface area contributed by atoms with E-state index < -0.39 is 5.97 Å². The Morgan fingerprint density at radius 2 is 1.15 bits per heavy atom. The molecule has 5 aromatic rings. The van der Waals surface area contributed by atoms with Crippen LogP contribution >= 0.6 is 0 Å². The number of hydrogen-bond acceptors (Lipinski definition) is 1. The molecule has 0 atom stereocenters. The second-order valence-electron chi connectivity index (χ2n) is 8.61. The minimum atomic E-state index is -0.917. The molecule has 0 aromatic heterocycles. The Balaban J connectivity index is 1.72. The molecule has 0 saturated heterocycles. The van der Waals surface area contributed by atoms with Crippen LogP contribution in [0.25, 0.3) is 44.5 Å². The maximum Gasteiger partial charge on any atom is 0.336 e. The van der Waals surface area contributed by atoms with Crippen LogP contribution in [-0.2, 0) is 6.42 Å². The van der Waals surface area contributed by atoms with Gasteiger partial charge in [0.1, 0.15) is 0 Å². The molecule has 1 aliphatic rings. The van der Waals surface area contributed by atoms with Crippen molar-refractivity contribution in [2.45, 2.75) is 6.42 Å². The number of aromatic carboxylic acids is 1. The van der Waals surface area contributed by atoms with Crippen molar-refractivity contribution < 1.29 is 9.90 Å². The van der Waals surface area contributed by atoms with Crippen molar-refractivity contribution in [1.82, 2.24) is 0 Å². The van der Waals surface area contributed by atoms with Gasteiger partial charge in [0, 0.05) is 5.56 Å². The lowest BCUT2D eigenvalue weighted by Gasteiger charge is -2.20. The van der Waals surface area contributed by atoms with Crippen molar-refractivity contribution in [3.63, 3.8) is 0 Å². The molecule has 2 nitrogen and oxygen atoms in total. The minimum Gasteiger partial charge on any atom is -0.478 e. The summed E-state index contributed by atoms with van der Waals surface area (Å²) in [7, 11) is 0. The molecular formula is C32H22O2. The van der Waals surface area contributed by atoms with Crippen LogP contribution in [0.2, 0.25) is 0 Å². The zero-order valence-electron chi connectivity index (χ0n) is 18.5. The average molecular weight is 439 g/mol. The number of carbonyl (C=O) groups is 1. The van der Waals surface area contributed by atoms with Gasteiger partial charge in [0.05, 0.1) is 5.56 Å². The van der Waals surface area contributed by atoms with Gasteiger partial charge in [-0.2, -0.15) is 0 Å². The molecule has 5 aromatic carbocycles. The van der Waals surface area contributed by atoms with E-state index in [4.69, 9.17) is 0 Å². The molecule has 1 aliphatic carbocycles. The van der Waals surface area contributed by atoms with Crippen LogP contribution in [0.1, 0.15) is 21.5 Å². The van der Waals surface area contributed by atoms with Crippen LogP contribution in [0.4, 0.5) is 0 Å². The van der Waals surface area contributed by atoms with E-state index in [1.165, 1.54) is 22.3 Å². The highest BCUT2D eigenvalue weighted by Gasteiger charge is 2.27. The van der Waals surface area contributed by atoms with Gasteiger partial charge in [0.25, 0.3) is 0 Å². The van der Waals surface area contributed by atoms with E-state index >= 15 is 0 Å². The van der Waals surface area contributed by atoms with Crippen LogP contribution in [0.3, 0.4) is 0 Å². The molecule has 0 radical (unpaired) electrons. The fourth-order valence-electron chi connectivity index (χ4n) is 5.22. The lowest BCUT2D eigenvalue weighted by molar-refractivity contribution is 0.0698. The van der Waals surface area contributed by atoms with E-state index in [9.17, 15) is 9.90 Å². The second-order valence-corrected chi connectivity index (χ2v) is 8.61. The van der Waals surface area contributed by atoms with Crippen molar-refractivity contribution >= 4 is 5.97 Å². The van der Waals surface area contributed by atoms with Gasteiger partial charge < -0.3 is 5.11 Å². The second kappa shape index (κ2) is 8.17. The number of benzene rings is 5. The zero-order chi connectivity index (χ0) is 23.1. The number of fused-ring (bicyclic) bond motifs is 3. The summed E-state index contributed by atoms with van der Waals surface area (Å²) >= 11 is 0. The van der Waals surface area contributed by atoms with Crippen LogP contribution in [-0.4, -0.2) is 11.1 Å². The summed E-state index contributed by atoms with van der Waals surface area (Å²) in [6.07, 6.45) is 0.796. The quantitative estimate of drug-likeness (QED) is 0.303. The Bertz CT molecular complexity index is 1530. The van der Waals surface area contributed by atoms with Crippen LogP contribution in [0.5, 0.6) is 0 Å². The molecule has 6 rings (SSSR count). The molecule has 2 heteroatoms. The first kappa shape index (κ1) is 20.2. The first-order valence-electron chi connectivity index (χ1n) is 11.4. The zero-order valence-corrected chi connectivity index (χ0v) is 18.5.